The van der Waals surface area contributed by atoms with Crippen molar-refractivity contribution in [3.05, 3.63) is 70.2 Å². The fraction of sp³-hybridized carbons (Fsp3) is 0.381. The number of rotatable bonds is 4. The average molecular weight is 437 g/mol. The van der Waals surface area contributed by atoms with Gasteiger partial charge in [-0.2, -0.15) is 4.31 Å². The molecular formula is C21H22ClFN2O3S. The van der Waals surface area contributed by atoms with Crippen LogP contribution >= 0.6 is 11.6 Å². The molecule has 0 aromatic heterocycles. The summed E-state index contributed by atoms with van der Waals surface area (Å²) in [5.41, 5.74) is 2.68. The summed E-state index contributed by atoms with van der Waals surface area (Å²) in [4.78, 5) is 14.8. The minimum Gasteiger partial charge on any atom is -0.337 e. The predicted molar refractivity (Wildman–Crippen MR) is 110 cm³/mol. The second kappa shape index (κ2) is 8.05. The lowest BCUT2D eigenvalue weighted by Crippen LogP contribution is -2.49. The zero-order valence-corrected chi connectivity index (χ0v) is 17.4. The molecular weight excluding hydrogens is 415 g/mol. The number of hydrogen-bond acceptors (Lipinski definition) is 3. The van der Waals surface area contributed by atoms with E-state index in [0.717, 1.165) is 9.87 Å². The van der Waals surface area contributed by atoms with Gasteiger partial charge in [0.1, 0.15) is 12.2 Å². The monoisotopic (exact) mass is 436 g/mol. The van der Waals surface area contributed by atoms with E-state index in [4.69, 9.17) is 11.6 Å². The van der Waals surface area contributed by atoms with Crippen LogP contribution < -0.4 is 0 Å². The summed E-state index contributed by atoms with van der Waals surface area (Å²) in [5, 5.41) is 0.336. The lowest BCUT2D eigenvalue weighted by Gasteiger charge is -2.33. The molecule has 0 N–H and O–H groups in total. The zero-order valence-electron chi connectivity index (χ0n) is 15.8. The number of sulfonamides is 1. The Hall–Kier alpha value is -1.96. The van der Waals surface area contributed by atoms with Gasteiger partial charge in [0.2, 0.25) is 15.9 Å². The lowest BCUT2D eigenvalue weighted by molar-refractivity contribution is -0.135. The van der Waals surface area contributed by atoms with E-state index < -0.39 is 22.2 Å². The Morgan fingerprint density at radius 3 is 2.55 bits per heavy atom. The van der Waals surface area contributed by atoms with Crippen molar-refractivity contribution in [2.45, 2.75) is 37.4 Å². The van der Waals surface area contributed by atoms with Crippen LogP contribution in [0.4, 0.5) is 4.39 Å². The summed E-state index contributed by atoms with van der Waals surface area (Å²) in [7, 11) is -3.90. The molecule has 29 heavy (non-hydrogen) atoms. The van der Waals surface area contributed by atoms with Crippen LogP contribution in [0, 0.1) is 0 Å². The molecule has 1 amide bonds. The van der Waals surface area contributed by atoms with Crippen molar-refractivity contribution in [1.29, 1.82) is 0 Å². The molecule has 0 unspecified atom stereocenters. The molecule has 2 aromatic rings. The van der Waals surface area contributed by atoms with Crippen LogP contribution in [0.1, 0.15) is 23.1 Å². The van der Waals surface area contributed by atoms with E-state index >= 15 is 0 Å². The molecule has 4 rings (SSSR count). The second-order valence-corrected chi connectivity index (χ2v) is 9.87. The molecule has 0 radical (unpaired) electrons. The van der Waals surface area contributed by atoms with Gasteiger partial charge in [-0.25, -0.2) is 12.8 Å². The van der Waals surface area contributed by atoms with Gasteiger partial charge in [0.25, 0.3) is 0 Å². The topological polar surface area (TPSA) is 57.7 Å². The molecule has 1 saturated heterocycles. The van der Waals surface area contributed by atoms with Crippen molar-refractivity contribution in [2.24, 2.45) is 0 Å². The molecule has 5 nitrogen and oxygen atoms in total. The number of fused-ring (bicyclic) bond motifs is 1. The first-order valence-corrected chi connectivity index (χ1v) is 11.6. The molecule has 0 bridgehead atoms. The highest BCUT2D eigenvalue weighted by molar-refractivity contribution is 7.88. The normalized spacial score (nSPS) is 22.5. The number of nitrogens with zero attached hydrogens (tertiary/aromatic N) is 2. The van der Waals surface area contributed by atoms with Crippen molar-refractivity contribution < 1.29 is 17.6 Å². The highest BCUT2D eigenvalue weighted by Crippen LogP contribution is 2.30. The SMILES string of the molecule is O=C([C@@H]1C[C@H](F)CN1S(=O)(=O)Cc1ccccc1Cl)N1CCc2ccccc2C1. The fourth-order valence-corrected chi connectivity index (χ4v) is 6.12. The highest BCUT2D eigenvalue weighted by atomic mass is 35.5. The van der Waals surface area contributed by atoms with Gasteiger partial charge >= 0.3 is 0 Å². The molecule has 2 aliphatic heterocycles. The molecule has 8 heteroatoms. The number of benzene rings is 2. The maximum atomic E-state index is 14.2. The molecule has 1 fully saturated rings. The van der Waals surface area contributed by atoms with Crippen molar-refractivity contribution in [2.75, 3.05) is 13.1 Å². The largest absolute Gasteiger partial charge is 0.337 e. The van der Waals surface area contributed by atoms with E-state index in [0.29, 0.717) is 30.1 Å². The van der Waals surface area contributed by atoms with E-state index in [1.54, 1.807) is 29.2 Å². The molecule has 154 valence electrons. The minimum absolute atomic E-state index is 0.112. The van der Waals surface area contributed by atoms with Crippen LogP contribution in [0.15, 0.2) is 48.5 Å². The Labute approximate surface area is 175 Å². The standard InChI is InChI=1S/C21H22ClFN2O3S/c22-19-8-4-3-7-17(19)14-29(27,28)25-13-18(23)11-20(25)21(26)24-10-9-15-5-1-2-6-16(15)12-24/h1-8,18,20H,9-14H2/t18-,20-/m0/s1. The molecule has 2 aromatic carbocycles. The van der Waals surface area contributed by atoms with E-state index in [1.807, 2.05) is 24.3 Å². The minimum atomic E-state index is -3.90. The third kappa shape index (κ3) is 4.17. The van der Waals surface area contributed by atoms with Crippen LogP contribution in [0.5, 0.6) is 0 Å². The van der Waals surface area contributed by atoms with Crippen LogP contribution in [0.25, 0.3) is 0 Å². The molecule has 0 saturated carbocycles. The van der Waals surface area contributed by atoms with Gasteiger partial charge in [-0.1, -0.05) is 54.1 Å². The van der Waals surface area contributed by atoms with Crippen molar-refractivity contribution in [1.82, 2.24) is 9.21 Å². The quantitative estimate of drug-likeness (QED) is 0.739. The average Bonchev–Trinajstić information content (AvgIpc) is 3.11. The lowest BCUT2D eigenvalue weighted by atomic mass is 9.99. The molecule has 2 aliphatic rings. The Morgan fingerprint density at radius 2 is 1.79 bits per heavy atom. The van der Waals surface area contributed by atoms with Gasteiger partial charge < -0.3 is 4.90 Å². The number of carbonyl (C=O) groups is 1. The van der Waals surface area contributed by atoms with Crippen molar-refractivity contribution in [3.63, 3.8) is 0 Å². The Morgan fingerprint density at radius 1 is 1.10 bits per heavy atom. The van der Waals surface area contributed by atoms with E-state index in [-0.39, 0.29) is 24.6 Å². The van der Waals surface area contributed by atoms with Gasteiger partial charge in [0.15, 0.2) is 0 Å². The van der Waals surface area contributed by atoms with Gasteiger partial charge in [-0.15, -0.1) is 0 Å². The van der Waals surface area contributed by atoms with Crippen LogP contribution in [0.3, 0.4) is 0 Å². The van der Waals surface area contributed by atoms with Crippen LogP contribution in [0.2, 0.25) is 5.02 Å². The highest BCUT2D eigenvalue weighted by Gasteiger charge is 2.45. The molecule has 2 heterocycles. The molecule has 0 aliphatic carbocycles. The first-order chi connectivity index (χ1) is 13.8. The third-order valence-corrected chi connectivity index (χ3v) is 7.75. The maximum absolute atomic E-state index is 14.2. The van der Waals surface area contributed by atoms with Gasteiger partial charge in [-0.3, -0.25) is 4.79 Å². The van der Waals surface area contributed by atoms with Crippen molar-refractivity contribution in [3.8, 4) is 0 Å². The summed E-state index contributed by atoms with van der Waals surface area (Å²) in [5.74, 6) is -0.686. The Balaban J connectivity index is 1.55. The number of hydrogen-bond donors (Lipinski definition) is 0. The van der Waals surface area contributed by atoms with Gasteiger partial charge in [0.05, 0.1) is 5.75 Å². The predicted octanol–water partition coefficient (Wildman–Crippen LogP) is 3.17. The number of alkyl halides is 1. The Kier molecular flexibility index (Phi) is 5.64. The van der Waals surface area contributed by atoms with E-state index in [1.165, 1.54) is 5.56 Å². The number of halogens is 2. The summed E-state index contributed by atoms with van der Waals surface area (Å²) in [6, 6.07) is 13.5. The zero-order chi connectivity index (χ0) is 20.6. The van der Waals surface area contributed by atoms with Gasteiger partial charge in [0, 0.05) is 31.1 Å². The van der Waals surface area contributed by atoms with Crippen molar-refractivity contribution >= 4 is 27.5 Å². The summed E-state index contributed by atoms with van der Waals surface area (Å²) in [6.45, 7) is 0.621. The smallest absolute Gasteiger partial charge is 0.241 e. The second-order valence-electron chi connectivity index (χ2n) is 7.54. The number of carbonyl (C=O) groups excluding carboxylic acids is 1. The first-order valence-electron chi connectivity index (χ1n) is 9.58. The van der Waals surface area contributed by atoms with Gasteiger partial charge in [-0.05, 0) is 29.2 Å². The molecule has 0 spiro atoms. The van der Waals surface area contributed by atoms with Crippen LogP contribution in [-0.4, -0.2) is 48.8 Å². The third-order valence-electron chi connectivity index (χ3n) is 5.59. The summed E-state index contributed by atoms with van der Waals surface area (Å²) < 4.78 is 41.3. The first kappa shape index (κ1) is 20.3. The number of amides is 1. The summed E-state index contributed by atoms with van der Waals surface area (Å²) in [6.07, 6.45) is -0.763. The van der Waals surface area contributed by atoms with E-state index in [9.17, 15) is 17.6 Å². The fourth-order valence-electron chi connectivity index (χ4n) is 4.08. The molecule has 2 atom stereocenters. The van der Waals surface area contributed by atoms with Crippen LogP contribution in [-0.2, 0) is 33.5 Å². The maximum Gasteiger partial charge on any atom is 0.241 e. The summed E-state index contributed by atoms with van der Waals surface area (Å²) >= 11 is 6.10. The Bertz CT molecular complexity index is 1030. The van der Waals surface area contributed by atoms with E-state index in [2.05, 4.69) is 0 Å².